The standard InChI is InChI=1S/C20H16F2N2OS/c21-12-9-10-16(15(22)11-12)23-19(25)13-5-1-2-6-14(13)20-24-17-7-3-4-8-18(17)26-20/h1-4,7-11,13-14H,5-6H2,(H,23,25). The van der Waals surface area contributed by atoms with Crippen LogP contribution in [0.4, 0.5) is 14.5 Å². The van der Waals surface area contributed by atoms with Crippen LogP contribution in [0.25, 0.3) is 10.2 Å². The summed E-state index contributed by atoms with van der Waals surface area (Å²) in [5, 5.41) is 3.52. The quantitative estimate of drug-likeness (QED) is 0.639. The predicted octanol–water partition coefficient (Wildman–Crippen LogP) is 5.26. The number of anilines is 1. The van der Waals surface area contributed by atoms with E-state index < -0.39 is 11.6 Å². The van der Waals surface area contributed by atoms with Crippen LogP contribution in [-0.4, -0.2) is 10.9 Å². The lowest BCUT2D eigenvalue weighted by atomic mass is 9.82. The molecule has 0 saturated heterocycles. The maximum Gasteiger partial charge on any atom is 0.228 e. The zero-order chi connectivity index (χ0) is 18.1. The summed E-state index contributed by atoms with van der Waals surface area (Å²) in [7, 11) is 0. The summed E-state index contributed by atoms with van der Waals surface area (Å²) >= 11 is 1.59. The minimum Gasteiger partial charge on any atom is -0.323 e. The monoisotopic (exact) mass is 370 g/mol. The molecule has 0 spiro atoms. The Morgan fingerprint density at radius 3 is 2.73 bits per heavy atom. The summed E-state index contributed by atoms with van der Waals surface area (Å²) < 4.78 is 28.0. The number of carbonyl (C=O) groups excluding carboxylic acids is 1. The number of amides is 1. The molecule has 0 radical (unpaired) electrons. The summed E-state index contributed by atoms with van der Waals surface area (Å²) in [5.74, 6) is -2.12. The number of para-hydroxylation sites is 1. The molecule has 0 bridgehead atoms. The fraction of sp³-hybridized carbons (Fsp3) is 0.200. The molecule has 0 aliphatic heterocycles. The number of aromatic nitrogens is 1. The highest BCUT2D eigenvalue weighted by Crippen LogP contribution is 2.39. The summed E-state index contributed by atoms with van der Waals surface area (Å²) in [6.45, 7) is 0. The summed E-state index contributed by atoms with van der Waals surface area (Å²) in [4.78, 5) is 17.5. The van der Waals surface area contributed by atoms with Gasteiger partial charge in [0, 0.05) is 12.0 Å². The molecule has 1 aromatic heterocycles. The first-order valence-corrected chi connectivity index (χ1v) is 9.20. The zero-order valence-electron chi connectivity index (χ0n) is 13.8. The number of fused-ring (bicyclic) bond motifs is 1. The van der Waals surface area contributed by atoms with Crippen LogP contribution in [-0.2, 0) is 4.79 Å². The van der Waals surface area contributed by atoms with E-state index in [1.807, 2.05) is 30.3 Å². The Balaban J connectivity index is 1.60. The Hall–Kier alpha value is -2.60. The Labute approximate surface area is 153 Å². The maximum absolute atomic E-state index is 13.9. The molecule has 1 amide bonds. The van der Waals surface area contributed by atoms with E-state index in [9.17, 15) is 13.6 Å². The molecule has 132 valence electrons. The third-order valence-corrected chi connectivity index (χ3v) is 5.75. The highest BCUT2D eigenvalue weighted by atomic mass is 32.1. The average Bonchev–Trinajstić information content (AvgIpc) is 3.08. The topological polar surface area (TPSA) is 42.0 Å². The molecule has 0 fully saturated rings. The van der Waals surface area contributed by atoms with Crippen molar-refractivity contribution in [3.05, 3.63) is 71.3 Å². The van der Waals surface area contributed by atoms with Gasteiger partial charge in [0.1, 0.15) is 11.6 Å². The smallest absolute Gasteiger partial charge is 0.228 e. The molecular formula is C20H16F2N2OS. The molecule has 2 atom stereocenters. The number of halogens is 2. The van der Waals surface area contributed by atoms with Crippen molar-refractivity contribution < 1.29 is 13.6 Å². The van der Waals surface area contributed by atoms with Crippen molar-refractivity contribution in [2.45, 2.75) is 18.8 Å². The van der Waals surface area contributed by atoms with Gasteiger partial charge in [-0.2, -0.15) is 0 Å². The van der Waals surface area contributed by atoms with Gasteiger partial charge in [-0.15, -0.1) is 11.3 Å². The predicted molar refractivity (Wildman–Crippen MR) is 99.2 cm³/mol. The number of allylic oxidation sites excluding steroid dienone is 2. The molecule has 2 aromatic carbocycles. The number of rotatable bonds is 3. The van der Waals surface area contributed by atoms with E-state index >= 15 is 0 Å². The normalized spacial score (nSPS) is 19.6. The van der Waals surface area contributed by atoms with Gasteiger partial charge in [-0.3, -0.25) is 4.79 Å². The van der Waals surface area contributed by atoms with Crippen LogP contribution >= 0.6 is 11.3 Å². The molecule has 0 saturated carbocycles. The molecule has 26 heavy (non-hydrogen) atoms. The van der Waals surface area contributed by atoms with Gasteiger partial charge in [-0.1, -0.05) is 24.3 Å². The summed E-state index contributed by atoms with van der Waals surface area (Å²) in [5.41, 5.74) is 0.916. The Bertz CT molecular complexity index is 965. The first kappa shape index (κ1) is 16.8. The third kappa shape index (κ3) is 3.24. The van der Waals surface area contributed by atoms with E-state index in [0.717, 1.165) is 27.4 Å². The van der Waals surface area contributed by atoms with E-state index in [0.29, 0.717) is 12.8 Å². The first-order chi connectivity index (χ1) is 12.6. The van der Waals surface area contributed by atoms with Crippen LogP contribution in [0.1, 0.15) is 23.8 Å². The fourth-order valence-electron chi connectivity index (χ4n) is 3.24. The van der Waals surface area contributed by atoms with Crippen LogP contribution in [0.2, 0.25) is 0 Å². The molecule has 2 unspecified atom stereocenters. The number of nitrogens with zero attached hydrogens (tertiary/aromatic N) is 1. The number of hydrogen-bond acceptors (Lipinski definition) is 3. The molecule has 6 heteroatoms. The van der Waals surface area contributed by atoms with Gasteiger partial charge < -0.3 is 5.32 Å². The van der Waals surface area contributed by atoms with Gasteiger partial charge in [-0.25, -0.2) is 13.8 Å². The fourth-order valence-corrected chi connectivity index (χ4v) is 4.39. The van der Waals surface area contributed by atoms with Crippen LogP contribution < -0.4 is 5.32 Å². The molecule has 1 N–H and O–H groups in total. The van der Waals surface area contributed by atoms with Gasteiger partial charge in [0.2, 0.25) is 5.91 Å². The maximum atomic E-state index is 13.9. The zero-order valence-corrected chi connectivity index (χ0v) is 14.6. The summed E-state index contributed by atoms with van der Waals surface area (Å²) in [6, 6.07) is 11.0. The van der Waals surface area contributed by atoms with Crippen LogP contribution in [0.15, 0.2) is 54.6 Å². The molecular weight excluding hydrogens is 354 g/mol. The largest absolute Gasteiger partial charge is 0.323 e. The van der Waals surface area contributed by atoms with Crippen molar-refractivity contribution >= 4 is 33.1 Å². The molecule has 1 heterocycles. The van der Waals surface area contributed by atoms with Crippen LogP contribution in [0.5, 0.6) is 0 Å². The highest BCUT2D eigenvalue weighted by molar-refractivity contribution is 7.18. The van der Waals surface area contributed by atoms with Crippen LogP contribution in [0.3, 0.4) is 0 Å². The van der Waals surface area contributed by atoms with Crippen molar-refractivity contribution in [1.82, 2.24) is 4.98 Å². The lowest BCUT2D eigenvalue weighted by Gasteiger charge is -2.26. The van der Waals surface area contributed by atoms with Gasteiger partial charge in [0.05, 0.1) is 26.8 Å². The molecule has 1 aliphatic rings. The van der Waals surface area contributed by atoms with Gasteiger partial charge in [0.15, 0.2) is 0 Å². The van der Waals surface area contributed by atoms with E-state index in [1.54, 1.807) is 11.3 Å². The van der Waals surface area contributed by atoms with Gasteiger partial charge >= 0.3 is 0 Å². The minimum atomic E-state index is -0.777. The van der Waals surface area contributed by atoms with Crippen LogP contribution in [0, 0.1) is 17.6 Å². The second kappa shape index (κ2) is 6.96. The molecule has 4 rings (SSSR count). The Morgan fingerprint density at radius 2 is 1.92 bits per heavy atom. The van der Waals surface area contributed by atoms with E-state index in [2.05, 4.69) is 16.4 Å². The minimum absolute atomic E-state index is 0.00555. The number of benzene rings is 2. The van der Waals surface area contributed by atoms with E-state index in [4.69, 9.17) is 0 Å². The average molecular weight is 370 g/mol. The van der Waals surface area contributed by atoms with Gasteiger partial charge in [-0.05, 0) is 37.1 Å². The molecule has 1 aliphatic carbocycles. The second-order valence-corrected chi connectivity index (χ2v) is 7.35. The Morgan fingerprint density at radius 1 is 1.12 bits per heavy atom. The Kier molecular flexibility index (Phi) is 4.51. The van der Waals surface area contributed by atoms with Crippen molar-refractivity contribution in [2.24, 2.45) is 5.92 Å². The SMILES string of the molecule is O=C(Nc1ccc(F)cc1F)C1CC=CCC1c1nc2ccccc2s1. The van der Waals surface area contributed by atoms with E-state index in [-0.39, 0.29) is 23.4 Å². The molecule has 3 aromatic rings. The summed E-state index contributed by atoms with van der Waals surface area (Å²) in [6.07, 6.45) is 5.30. The number of thiazole rings is 1. The van der Waals surface area contributed by atoms with Crippen molar-refractivity contribution in [3.8, 4) is 0 Å². The number of hydrogen-bond donors (Lipinski definition) is 1. The lowest BCUT2D eigenvalue weighted by Crippen LogP contribution is -2.29. The first-order valence-electron chi connectivity index (χ1n) is 8.38. The second-order valence-electron chi connectivity index (χ2n) is 6.29. The number of carbonyl (C=O) groups is 1. The highest BCUT2D eigenvalue weighted by Gasteiger charge is 2.32. The van der Waals surface area contributed by atoms with Gasteiger partial charge in [0.25, 0.3) is 0 Å². The molecule has 3 nitrogen and oxygen atoms in total. The van der Waals surface area contributed by atoms with Crippen molar-refractivity contribution in [2.75, 3.05) is 5.32 Å². The lowest BCUT2D eigenvalue weighted by molar-refractivity contribution is -0.120. The van der Waals surface area contributed by atoms with E-state index in [1.165, 1.54) is 6.07 Å². The van der Waals surface area contributed by atoms with Crippen molar-refractivity contribution in [3.63, 3.8) is 0 Å². The van der Waals surface area contributed by atoms with Crippen molar-refractivity contribution in [1.29, 1.82) is 0 Å². The third-order valence-electron chi connectivity index (χ3n) is 4.59. The number of nitrogens with one attached hydrogen (secondary N) is 1.